The van der Waals surface area contributed by atoms with Gasteiger partial charge in [-0.3, -0.25) is 4.79 Å². The van der Waals surface area contributed by atoms with Crippen molar-refractivity contribution in [2.75, 3.05) is 0 Å². The van der Waals surface area contributed by atoms with Gasteiger partial charge in [-0.1, -0.05) is 36.4 Å². The van der Waals surface area contributed by atoms with E-state index in [1.807, 2.05) is 68.4 Å². The Kier molecular flexibility index (Phi) is 6.03. The predicted octanol–water partition coefficient (Wildman–Crippen LogP) is 5.83. The number of hydrogen-bond acceptors (Lipinski definition) is 4. The molecule has 0 radical (unpaired) electrons. The predicted molar refractivity (Wildman–Crippen MR) is 123 cm³/mol. The number of nitrogens with zero attached hydrogens (tertiary/aromatic N) is 2. The van der Waals surface area contributed by atoms with Crippen LogP contribution in [0.25, 0.3) is 22.4 Å². The second-order valence-corrected chi connectivity index (χ2v) is 7.59. The second kappa shape index (κ2) is 9.06. The Hall–Kier alpha value is -3.93. The molecule has 0 amide bonds. The number of para-hydroxylation sites is 2. The van der Waals surface area contributed by atoms with Crippen LogP contribution >= 0.6 is 0 Å². The minimum absolute atomic E-state index is 0.154. The number of ether oxygens (including phenoxy) is 2. The van der Waals surface area contributed by atoms with Crippen LogP contribution in [0.4, 0.5) is 4.39 Å². The van der Waals surface area contributed by atoms with Gasteiger partial charge >= 0.3 is 0 Å². The number of halogens is 1. The second-order valence-electron chi connectivity index (χ2n) is 7.59. The largest absolute Gasteiger partial charge is 0.488 e. The first kappa shape index (κ1) is 21.3. The van der Waals surface area contributed by atoms with Gasteiger partial charge in [-0.15, -0.1) is 0 Å². The molecule has 0 saturated heterocycles. The van der Waals surface area contributed by atoms with E-state index in [0.29, 0.717) is 33.9 Å². The molecule has 0 N–H and O–H groups in total. The average Bonchev–Trinajstić information content (AvgIpc) is 2.78. The highest BCUT2D eigenvalue weighted by molar-refractivity contribution is 5.83. The van der Waals surface area contributed by atoms with Gasteiger partial charge in [-0.2, -0.15) is 5.10 Å². The molecule has 4 aromatic rings. The summed E-state index contributed by atoms with van der Waals surface area (Å²) in [5, 5.41) is 4.49. The maximum absolute atomic E-state index is 14.7. The molecular weight excluding hydrogens is 407 g/mol. The van der Waals surface area contributed by atoms with Crippen LogP contribution in [0, 0.1) is 5.82 Å². The molecule has 5 nitrogen and oxygen atoms in total. The van der Waals surface area contributed by atoms with Gasteiger partial charge in [0.1, 0.15) is 17.2 Å². The first-order valence-corrected chi connectivity index (χ1v) is 10.3. The molecule has 0 bridgehead atoms. The zero-order valence-electron chi connectivity index (χ0n) is 18.1. The van der Waals surface area contributed by atoms with Crippen LogP contribution in [-0.2, 0) is 7.05 Å². The van der Waals surface area contributed by atoms with Crippen molar-refractivity contribution in [1.29, 1.82) is 0 Å². The van der Waals surface area contributed by atoms with E-state index in [2.05, 4.69) is 5.10 Å². The molecule has 0 aliphatic carbocycles. The lowest BCUT2D eigenvalue weighted by Crippen LogP contribution is -2.19. The zero-order valence-corrected chi connectivity index (χ0v) is 18.1. The monoisotopic (exact) mass is 430 g/mol. The molecule has 0 saturated carbocycles. The average molecular weight is 430 g/mol. The Balaban J connectivity index is 1.85. The molecule has 6 heteroatoms. The van der Waals surface area contributed by atoms with Crippen molar-refractivity contribution in [2.45, 2.75) is 20.0 Å². The van der Waals surface area contributed by atoms with E-state index in [9.17, 15) is 9.18 Å². The highest BCUT2D eigenvalue weighted by Crippen LogP contribution is 2.37. The topological polar surface area (TPSA) is 53.4 Å². The number of hydrogen-bond donors (Lipinski definition) is 0. The molecule has 32 heavy (non-hydrogen) atoms. The van der Waals surface area contributed by atoms with E-state index in [0.717, 1.165) is 0 Å². The van der Waals surface area contributed by atoms with Crippen LogP contribution in [-0.4, -0.2) is 15.9 Å². The third kappa shape index (κ3) is 4.54. The highest BCUT2D eigenvalue weighted by atomic mass is 19.1. The van der Waals surface area contributed by atoms with Gasteiger partial charge in [0.25, 0.3) is 5.56 Å². The van der Waals surface area contributed by atoms with Gasteiger partial charge in [0, 0.05) is 24.2 Å². The molecule has 0 aliphatic rings. The summed E-state index contributed by atoms with van der Waals surface area (Å²) in [5.74, 6) is 0.908. The Bertz CT molecular complexity index is 1300. The molecule has 0 fully saturated rings. The van der Waals surface area contributed by atoms with Crippen molar-refractivity contribution in [3.8, 4) is 39.6 Å². The summed E-state index contributed by atoms with van der Waals surface area (Å²) in [7, 11) is 1.58. The Morgan fingerprint density at radius 3 is 2.31 bits per heavy atom. The first-order chi connectivity index (χ1) is 15.4. The lowest BCUT2D eigenvalue weighted by Gasteiger charge is -2.16. The minimum atomic E-state index is -0.503. The molecular formula is C26H23FN2O3. The fourth-order valence-corrected chi connectivity index (χ4v) is 3.34. The fourth-order valence-electron chi connectivity index (χ4n) is 3.34. The molecule has 162 valence electrons. The van der Waals surface area contributed by atoms with Gasteiger partial charge in [0.15, 0.2) is 11.6 Å². The van der Waals surface area contributed by atoms with Crippen molar-refractivity contribution in [1.82, 2.24) is 9.78 Å². The zero-order chi connectivity index (χ0) is 22.7. The quantitative estimate of drug-likeness (QED) is 0.386. The third-order valence-corrected chi connectivity index (χ3v) is 4.81. The lowest BCUT2D eigenvalue weighted by atomic mass is 9.99. The lowest BCUT2D eigenvalue weighted by molar-refractivity contribution is 0.231. The van der Waals surface area contributed by atoms with Gasteiger partial charge in [-0.25, -0.2) is 9.07 Å². The molecule has 3 aromatic carbocycles. The SMILES string of the molecule is CC(C)Oc1ccc(-c2cc(=O)n(C)nc2-c2ccccc2Oc2ccccc2)cc1F. The molecule has 0 spiro atoms. The van der Waals surface area contributed by atoms with Crippen molar-refractivity contribution in [3.05, 3.63) is 95.0 Å². The summed E-state index contributed by atoms with van der Waals surface area (Å²) in [6.45, 7) is 3.67. The van der Waals surface area contributed by atoms with E-state index in [4.69, 9.17) is 9.47 Å². The van der Waals surface area contributed by atoms with Crippen molar-refractivity contribution >= 4 is 0 Å². The smallest absolute Gasteiger partial charge is 0.267 e. The van der Waals surface area contributed by atoms with E-state index in [-0.39, 0.29) is 17.4 Å². The van der Waals surface area contributed by atoms with E-state index >= 15 is 0 Å². The number of aromatic nitrogens is 2. The molecule has 4 rings (SSSR count). The Labute approximate surface area is 185 Å². The van der Waals surface area contributed by atoms with E-state index < -0.39 is 5.82 Å². The third-order valence-electron chi connectivity index (χ3n) is 4.81. The molecule has 1 aromatic heterocycles. The molecule has 1 heterocycles. The van der Waals surface area contributed by atoms with Gasteiger partial charge < -0.3 is 9.47 Å². The number of benzene rings is 3. The summed E-state index contributed by atoms with van der Waals surface area (Å²) < 4.78 is 27.6. The molecule has 0 aliphatic heterocycles. The van der Waals surface area contributed by atoms with Gasteiger partial charge in [0.05, 0.1) is 6.10 Å². The summed E-state index contributed by atoms with van der Waals surface area (Å²) in [6.07, 6.45) is -0.154. The van der Waals surface area contributed by atoms with E-state index in [1.54, 1.807) is 19.2 Å². The maximum atomic E-state index is 14.7. The Morgan fingerprint density at radius 1 is 0.875 bits per heavy atom. The number of rotatable bonds is 6. The molecule has 0 unspecified atom stereocenters. The van der Waals surface area contributed by atoms with Crippen LogP contribution in [0.5, 0.6) is 17.2 Å². The van der Waals surface area contributed by atoms with Crippen LogP contribution in [0.3, 0.4) is 0 Å². The summed E-state index contributed by atoms with van der Waals surface area (Å²) in [6, 6.07) is 22.9. The van der Waals surface area contributed by atoms with Gasteiger partial charge in [-0.05, 0) is 55.8 Å². The van der Waals surface area contributed by atoms with Crippen LogP contribution in [0.15, 0.2) is 83.7 Å². The molecule has 0 atom stereocenters. The van der Waals surface area contributed by atoms with Crippen molar-refractivity contribution in [3.63, 3.8) is 0 Å². The number of aryl methyl sites for hydroxylation is 1. The normalized spacial score (nSPS) is 10.9. The summed E-state index contributed by atoms with van der Waals surface area (Å²) >= 11 is 0. The summed E-state index contributed by atoms with van der Waals surface area (Å²) in [4.78, 5) is 12.4. The fraction of sp³-hybridized carbons (Fsp3) is 0.154. The first-order valence-electron chi connectivity index (χ1n) is 10.3. The van der Waals surface area contributed by atoms with Crippen LogP contribution in [0.2, 0.25) is 0 Å². The summed E-state index contributed by atoms with van der Waals surface area (Å²) in [5.41, 5.74) is 1.93. The van der Waals surface area contributed by atoms with Gasteiger partial charge in [0.2, 0.25) is 0 Å². The van der Waals surface area contributed by atoms with E-state index in [1.165, 1.54) is 16.8 Å². The van der Waals surface area contributed by atoms with Crippen LogP contribution in [0.1, 0.15) is 13.8 Å². The standard InChI is InChI=1S/C26H23FN2O3/c1-17(2)31-24-14-13-18(15-22(24)27)21-16-25(30)29(3)28-26(21)20-11-7-8-12-23(20)32-19-9-5-4-6-10-19/h4-17H,1-3H3. The van der Waals surface area contributed by atoms with Crippen molar-refractivity contribution < 1.29 is 13.9 Å². The van der Waals surface area contributed by atoms with Crippen molar-refractivity contribution in [2.24, 2.45) is 7.05 Å². The highest BCUT2D eigenvalue weighted by Gasteiger charge is 2.18. The minimum Gasteiger partial charge on any atom is -0.488 e. The van der Waals surface area contributed by atoms with Crippen LogP contribution < -0.4 is 15.0 Å². The Morgan fingerprint density at radius 2 is 1.59 bits per heavy atom. The maximum Gasteiger partial charge on any atom is 0.267 e.